The minimum Gasteiger partial charge on any atom is -0.399 e. The fourth-order valence-corrected chi connectivity index (χ4v) is 2.42. The summed E-state index contributed by atoms with van der Waals surface area (Å²) in [6.45, 7) is 2.00. The van der Waals surface area contributed by atoms with E-state index in [2.05, 4.69) is 15.5 Å². The van der Waals surface area contributed by atoms with Crippen LogP contribution >= 0.6 is 0 Å². The van der Waals surface area contributed by atoms with E-state index in [0.717, 1.165) is 29.1 Å². The van der Waals surface area contributed by atoms with Gasteiger partial charge in [0.2, 0.25) is 0 Å². The fraction of sp³-hybridized carbons (Fsp3) is 0.176. The highest BCUT2D eigenvalue weighted by Crippen LogP contribution is 2.17. The van der Waals surface area contributed by atoms with Crippen LogP contribution in [0.4, 0.5) is 5.69 Å². The number of amides is 1. The number of aryl methyl sites for hydroxylation is 2. The summed E-state index contributed by atoms with van der Waals surface area (Å²) in [5.41, 5.74) is 13.6. The Morgan fingerprint density at radius 1 is 1.23 bits per heavy atom. The van der Waals surface area contributed by atoms with Crippen molar-refractivity contribution in [1.29, 1.82) is 0 Å². The highest BCUT2D eigenvalue weighted by molar-refractivity contribution is 6.27. The van der Waals surface area contributed by atoms with Gasteiger partial charge >= 0.3 is 0 Å². The number of nitrogens with two attached hydrogens (primary N) is 1. The van der Waals surface area contributed by atoms with Crippen LogP contribution in [-0.2, 0) is 11.2 Å². The molecule has 3 rings (SSSR count). The highest BCUT2D eigenvalue weighted by Gasteiger charge is 2.22. The number of anilines is 1. The number of hydrazone groups is 1. The molecule has 0 atom stereocenters. The molecule has 0 bridgehead atoms. The number of aromatic nitrogens is 1. The Balaban J connectivity index is 1.73. The van der Waals surface area contributed by atoms with Crippen LogP contribution in [0.3, 0.4) is 0 Å². The third kappa shape index (κ3) is 3.09. The number of benzene rings is 1. The quantitative estimate of drug-likeness (QED) is 0.597. The SMILES string of the molecule is Cc1c[nH]c(C=C2C(=O)NN=C2CCc2ccc(N)cc2)c1. The molecule has 0 saturated carbocycles. The predicted molar refractivity (Wildman–Crippen MR) is 88.3 cm³/mol. The molecule has 0 radical (unpaired) electrons. The Morgan fingerprint density at radius 2 is 2.00 bits per heavy atom. The second kappa shape index (κ2) is 5.89. The van der Waals surface area contributed by atoms with Crippen LogP contribution in [0.1, 0.15) is 23.2 Å². The minimum absolute atomic E-state index is 0.153. The van der Waals surface area contributed by atoms with Crippen molar-refractivity contribution in [2.75, 3.05) is 5.73 Å². The average molecular weight is 294 g/mol. The van der Waals surface area contributed by atoms with E-state index in [1.54, 1.807) is 0 Å². The zero-order valence-electron chi connectivity index (χ0n) is 12.4. The number of H-pyrrole nitrogens is 1. The lowest BCUT2D eigenvalue weighted by Crippen LogP contribution is -2.13. The van der Waals surface area contributed by atoms with Crippen molar-refractivity contribution in [3.63, 3.8) is 0 Å². The van der Waals surface area contributed by atoms with E-state index < -0.39 is 0 Å². The summed E-state index contributed by atoms with van der Waals surface area (Å²) in [5, 5.41) is 4.14. The van der Waals surface area contributed by atoms with E-state index >= 15 is 0 Å². The van der Waals surface area contributed by atoms with E-state index in [-0.39, 0.29) is 5.91 Å². The average Bonchev–Trinajstić information content (AvgIpc) is 3.06. The van der Waals surface area contributed by atoms with Crippen molar-refractivity contribution in [1.82, 2.24) is 10.4 Å². The van der Waals surface area contributed by atoms with E-state index in [0.29, 0.717) is 12.0 Å². The maximum absolute atomic E-state index is 11.9. The third-order valence-electron chi connectivity index (χ3n) is 3.63. The Bertz CT molecular complexity index is 753. The third-order valence-corrected chi connectivity index (χ3v) is 3.63. The molecule has 1 aliphatic rings. The molecule has 0 spiro atoms. The number of nitrogen functional groups attached to an aromatic ring is 1. The van der Waals surface area contributed by atoms with Crippen LogP contribution in [-0.4, -0.2) is 16.6 Å². The van der Waals surface area contributed by atoms with Gasteiger partial charge in [-0.15, -0.1) is 0 Å². The molecule has 4 N–H and O–H groups in total. The zero-order valence-corrected chi connectivity index (χ0v) is 12.4. The van der Waals surface area contributed by atoms with E-state index in [4.69, 9.17) is 5.73 Å². The smallest absolute Gasteiger partial charge is 0.273 e. The van der Waals surface area contributed by atoms with Gasteiger partial charge in [-0.2, -0.15) is 5.10 Å². The first-order valence-corrected chi connectivity index (χ1v) is 7.20. The number of carbonyl (C=O) groups is 1. The molecule has 0 unspecified atom stereocenters. The predicted octanol–water partition coefficient (Wildman–Crippen LogP) is 2.41. The topological polar surface area (TPSA) is 83.3 Å². The number of nitrogens with one attached hydrogen (secondary N) is 2. The second-order valence-electron chi connectivity index (χ2n) is 5.43. The molecule has 0 saturated heterocycles. The first kappa shape index (κ1) is 14.1. The van der Waals surface area contributed by atoms with Crippen molar-refractivity contribution in [3.05, 3.63) is 58.9 Å². The van der Waals surface area contributed by atoms with Crippen molar-refractivity contribution < 1.29 is 4.79 Å². The molecule has 1 aromatic heterocycles. The normalized spacial score (nSPS) is 16.0. The molecule has 1 aromatic carbocycles. The number of carbonyl (C=O) groups excluding carboxylic acids is 1. The van der Waals surface area contributed by atoms with Crippen LogP contribution in [0.25, 0.3) is 6.08 Å². The van der Waals surface area contributed by atoms with Gasteiger partial charge in [0.25, 0.3) is 5.91 Å². The Hall–Kier alpha value is -2.82. The fourth-order valence-electron chi connectivity index (χ4n) is 2.42. The van der Waals surface area contributed by atoms with E-state index in [1.165, 1.54) is 5.56 Å². The number of hydrogen-bond donors (Lipinski definition) is 3. The maximum Gasteiger partial charge on any atom is 0.273 e. The summed E-state index contributed by atoms with van der Waals surface area (Å²) < 4.78 is 0. The molecule has 1 amide bonds. The minimum atomic E-state index is -0.153. The van der Waals surface area contributed by atoms with Crippen LogP contribution in [0.5, 0.6) is 0 Å². The summed E-state index contributed by atoms with van der Waals surface area (Å²) in [4.78, 5) is 15.1. The lowest BCUT2D eigenvalue weighted by molar-refractivity contribution is -0.116. The number of hydrogen-bond acceptors (Lipinski definition) is 3. The monoisotopic (exact) mass is 294 g/mol. The van der Waals surface area contributed by atoms with Crippen LogP contribution in [0, 0.1) is 6.92 Å². The second-order valence-corrected chi connectivity index (χ2v) is 5.43. The lowest BCUT2D eigenvalue weighted by Gasteiger charge is -2.03. The molecule has 2 heterocycles. The lowest BCUT2D eigenvalue weighted by atomic mass is 10.0. The number of aromatic amines is 1. The molecule has 2 aromatic rings. The summed E-state index contributed by atoms with van der Waals surface area (Å²) in [5.74, 6) is -0.153. The van der Waals surface area contributed by atoms with Gasteiger partial charge < -0.3 is 10.7 Å². The Labute approximate surface area is 128 Å². The first-order chi connectivity index (χ1) is 10.6. The van der Waals surface area contributed by atoms with Gasteiger partial charge in [0, 0.05) is 17.6 Å². The number of nitrogens with zero attached hydrogens (tertiary/aromatic N) is 1. The van der Waals surface area contributed by atoms with Crippen LogP contribution in [0.15, 0.2) is 47.2 Å². The molecular weight excluding hydrogens is 276 g/mol. The standard InChI is InChI=1S/C17H18N4O/c1-11-8-14(19-10-11)9-15-16(20-21-17(15)22)7-4-12-2-5-13(18)6-3-12/h2-3,5-6,8-10,19H,4,7,18H2,1H3,(H,21,22). The van der Waals surface area contributed by atoms with Crippen molar-refractivity contribution in [3.8, 4) is 0 Å². The zero-order chi connectivity index (χ0) is 15.5. The summed E-state index contributed by atoms with van der Waals surface area (Å²) in [7, 11) is 0. The van der Waals surface area contributed by atoms with Gasteiger partial charge in [0.05, 0.1) is 11.3 Å². The molecule has 5 heteroatoms. The molecule has 0 aliphatic carbocycles. The molecule has 112 valence electrons. The van der Waals surface area contributed by atoms with Gasteiger partial charge in [-0.05, 0) is 55.2 Å². The van der Waals surface area contributed by atoms with Gasteiger partial charge in [0.15, 0.2) is 0 Å². The Morgan fingerprint density at radius 3 is 2.68 bits per heavy atom. The summed E-state index contributed by atoms with van der Waals surface area (Å²) in [6, 6.07) is 9.76. The maximum atomic E-state index is 11.9. The van der Waals surface area contributed by atoms with E-state index in [1.807, 2.05) is 49.5 Å². The Kier molecular flexibility index (Phi) is 3.78. The first-order valence-electron chi connectivity index (χ1n) is 7.20. The van der Waals surface area contributed by atoms with Crippen LogP contribution < -0.4 is 11.2 Å². The molecule has 1 aliphatic heterocycles. The van der Waals surface area contributed by atoms with Gasteiger partial charge in [-0.1, -0.05) is 12.1 Å². The van der Waals surface area contributed by atoms with E-state index in [9.17, 15) is 4.79 Å². The van der Waals surface area contributed by atoms with Crippen LogP contribution in [0.2, 0.25) is 0 Å². The molecule has 5 nitrogen and oxygen atoms in total. The molecular formula is C17H18N4O. The highest BCUT2D eigenvalue weighted by atomic mass is 16.2. The molecule has 22 heavy (non-hydrogen) atoms. The largest absolute Gasteiger partial charge is 0.399 e. The van der Waals surface area contributed by atoms with Crippen molar-refractivity contribution >= 4 is 23.4 Å². The number of rotatable bonds is 4. The van der Waals surface area contributed by atoms with Gasteiger partial charge in [-0.3, -0.25) is 4.79 Å². The summed E-state index contributed by atoms with van der Waals surface area (Å²) in [6.07, 6.45) is 5.27. The molecule has 0 fully saturated rings. The summed E-state index contributed by atoms with van der Waals surface area (Å²) >= 11 is 0. The van der Waals surface area contributed by atoms with Crippen molar-refractivity contribution in [2.24, 2.45) is 5.10 Å². The van der Waals surface area contributed by atoms with Gasteiger partial charge in [0.1, 0.15) is 0 Å². The van der Waals surface area contributed by atoms with Crippen molar-refractivity contribution in [2.45, 2.75) is 19.8 Å². The van der Waals surface area contributed by atoms with Gasteiger partial charge in [-0.25, -0.2) is 5.43 Å².